The molecule has 0 aliphatic rings. The maximum Gasteiger partial charge on any atom is 0.326 e. The Labute approximate surface area is 155 Å². The number of amides is 1. The number of nitrogens with zero attached hydrogens (tertiary/aromatic N) is 1. The largest absolute Gasteiger partial charge is 0.480 e. The molecule has 0 unspecified atom stereocenters. The van der Waals surface area contributed by atoms with Gasteiger partial charge in [0.25, 0.3) is 5.91 Å². The molecule has 1 aromatic heterocycles. The van der Waals surface area contributed by atoms with Gasteiger partial charge >= 0.3 is 5.97 Å². The molecule has 0 spiro atoms. The van der Waals surface area contributed by atoms with E-state index in [1.807, 2.05) is 31.4 Å². The van der Waals surface area contributed by atoms with E-state index < -0.39 is 12.0 Å². The van der Waals surface area contributed by atoms with Crippen LogP contribution in [-0.2, 0) is 10.5 Å². The maximum absolute atomic E-state index is 12.2. The monoisotopic (exact) mass is 378 g/mol. The summed E-state index contributed by atoms with van der Waals surface area (Å²) in [5, 5.41) is 14.9. The number of nitrogens with one attached hydrogen (secondary N) is 1. The Hall–Kier alpha value is -1.86. The molecule has 0 bridgehead atoms. The van der Waals surface area contributed by atoms with Crippen molar-refractivity contribution < 1.29 is 14.7 Å². The van der Waals surface area contributed by atoms with Crippen molar-refractivity contribution in [2.75, 3.05) is 0 Å². The fourth-order valence-corrected chi connectivity index (χ4v) is 3.75. The normalized spacial score (nSPS) is 11.9. The molecule has 7 heteroatoms. The summed E-state index contributed by atoms with van der Waals surface area (Å²) in [5.74, 6) is -0.559. The Morgan fingerprint density at radius 2 is 2.04 bits per heavy atom. The van der Waals surface area contributed by atoms with Crippen LogP contribution in [0.2, 0.25) is 0 Å². The summed E-state index contributed by atoms with van der Waals surface area (Å²) in [6.07, 6.45) is 2.10. The quantitative estimate of drug-likeness (QED) is 0.642. The Kier molecular flexibility index (Phi) is 7.46. The van der Waals surface area contributed by atoms with Crippen LogP contribution in [-0.4, -0.2) is 28.0 Å². The van der Waals surface area contributed by atoms with Gasteiger partial charge in [0.15, 0.2) is 0 Å². The second-order valence-electron chi connectivity index (χ2n) is 5.68. The summed E-state index contributed by atoms with van der Waals surface area (Å²) in [5.41, 5.74) is 1.52. The van der Waals surface area contributed by atoms with E-state index in [1.54, 1.807) is 35.2 Å². The fourth-order valence-electron chi connectivity index (χ4n) is 2.24. The standard InChI is InChI=1S/C18H22N2O3S2/c1-3-4-5-16(18(22)23)20-17(21)13-6-8-15(9-7-13)25-11-14-10-24-12(2)19-14/h6-10,16H,3-5,11H2,1-2H3,(H,20,21)(H,22,23)/t16-/m0/s1. The Morgan fingerprint density at radius 3 is 2.60 bits per heavy atom. The average Bonchev–Trinajstić information content (AvgIpc) is 3.02. The van der Waals surface area contributed by atoms with Gasteiger partial charge in [0, 0.05) is 21.6 Å². The lowest BCUT2D eigenvalue weighted by atomic mass is 10.1. The van der Waals surface area contributed by atoms with Crippen molar-refractivity contribution in [3.63, 3.8) is 0 Å². The van der Waals surface area contributed by atoms with E-state index in [9.17, 15) is 14.7 Å². The van der Waals surface area contributed by atoms with E-state index in [0.717, 1.165) is 34.2 Å². The van der Waals surface area contributed by atoms with Crippen LogP contribution in [0, 0.1) is 6.92 Å². The molecule has 1 amide bonds. The van der Waals surface area contributed by atoms with Crippen molar-refractivity contribution in [1.29, 1.82) is 0 Å². The minimum Gasteiger partial charge on any atom is -0.480 e. The molecule has 0 aliphatic carbocycles. The third kappa shape index (κ3) is 6.17. The van der Waals surface area contributed by atoms with Crippen molar-refractivity contribution in [1.82, 2.24) is 10.3 Å². The Morgan fingerprint density at radius 1 is 1.32 bits per heavy atom. The molecule has 2 aromatic rings. The van der Waals surface area contributed by atoms with Gasteiger partial charge in [-0.3, -0.25) is 4.79 Å². The highest BCUT2D eigenvalue weighted by Crippen LogP contribution is 2.23. The van der Waals surface area contributed by atoms with Gasteiger partial charge in [-0.2, -0.15) is 0 Å². The number of carboxylic acid groups (broad SMARTS) is 1. The smallest absolute Gasteiger partial charge is 0.326 e. The number of rotatable bonds is 9. The number of hydrogen-bond donors (Lipinski definition) is 2. The molecule has 0 fully saturated rings. The number of unbranched alkanes of at least 4 members (excludes halogenated alkanes) is 1. The SMILES string of the molecule is CCCC[C@H](NC(=O)c1ccc(SCc2csc(C)n2)cc1)C(=O)O. The van der Waals surface area contributed by atoms with Crippen molar-refractivity contribution in [3.05, 3.63) is 45.9 Å². The second-order valence-corrected chi connectivity index (χ2v) is 7.79. The number of thioether (sulfide) groups is 1. The first-order valence-corrected chi connectivity index (χ1v) is 10.0. The molecule has 0 aliphatic heterocycles. The van der Waals surface area contributed by atoms with Crippen LogP contribution in [0.25, 0.3) is 0 Å². The fraction of sp³-hybridized carbons (Fsp3) is 0.389. The molecule has 2 N–H and O–H groups in total. The summed E-state index contributed by atoms with van der Waals surface area (Å²) in [4.78, 5) is 28.9. The molecule has 1 atom stereocenters. The number of carboxylic acids is 1. The first-order valence-electron chi connectivity index (χ1n) is 8.17. The van der Waals surface area contributed by atoms with Gasteiger partial charge in [-0.1, -0.05) is 19.8 Å². The van der Waals surface area contributed by atoms with E-state index in [-0.39, 0.29) is 5.91 Å². The van der Waals surface area contributed by atoms with E-state index in [0.29, 0.717) is 12.0 Å². The van der Waals surface area contributed by atoms with Gasteiger partial charge in [0.2, 0.25) is 0 Å². The molecule has 25 heavy (non-hydrogen) atoms. The van der Waals surface area contributed by atoms with Gasteiger partial charge in [0.05, 0.1) is 10.7 Å². The van der Waals surface area contributed by atoms with Gasteiger partial charge < -0.3 is 10.4 Å². The van der Waals surface area contributed by atoms with Gasteiger partial charge in [-0.25, -0.2) is 9.78 Å². The number of aryl methyl sites for hydroxylation is 1. The molecule has 1 heterocycles. The second kappa shape index (κ2) is 9.58. The van der Waals surface area contributed by atoms with E-state index >= 15 is 0 Å². The zero-order valence-electron chi connectivity index (χ0n) is 14.3. The molecule has 0 saturated carbocycles. The number of carbonyl (C=O) groups is 2. The topological polar surface area (TPSA) is 79.3 Å². The minimum atomic E-state index is -0.993. The van der Waals surface area contributed by atoms with Crippen LogP contribution in [0.5, 0.6) is 0 Å². The summed E-state index contributed by atoms with van der Waals surface area (Å²) in [6.45, 7) is 3.97. The number of benzene rings is 1. The number of thiazole rings is 1. The lowest BCUT2D eigenvalue weighted by Crippen LogP contribution is -2.40. The highest BCUT2D eigenvalue weighted by atomic mass is 32.2. The lowest BCUT2D eigenvalue weighted by Gasteiger charge is -2.14. The van der Waals surface area contributed by atoms with Crippen molar-refractivity contribution in [2.24, 2.45) is 0 Å². The summed E-state index contributed by atoms with van der Waals surface area (Å²) >= 11 is 3.29. The zero-order valence-corrected chi connectivity index (χ0v) is 16.0. The van der Waals surface area contributed by atoms with Crippen LogP contribution in [0.4, 0.5) is 0 Å². The predicted molar refractivity (Wildman–Crippen MR) is 101 cm³/mol. The molecule has 134 valence electrons. The molecular formula is C18H22N2O3S2. The first-order chi connectivity index (χ1) is 12.0. The molecule has 0 saturated heterocycles. The van der Waals surface area contributed by atoms with Crippen LogP contribution in [0.1, 0.15) is 47.2 Å². The molecule has 2 rings (SSSR count). The molecule has 5 nitrogen and oxygen atoms in total. The summed E-state index contributed by atoms with van der Waals surface area (Å²) in [6, 6.07) is 6.36. The zero-order chi connectivity index (χ0) is 18.2. The maximum atomic E-state index is 12.2. The molecule has 1 aromatic carbocycles. The van der Waals surface area contributed by atoms with E-state index in [2.05, 4.69) is 10.3 Å². The highest BCUT2D eigenvalue weighted by molar-refractivity contribution is 7.98. The van der Waals surface area contributed by atoms with Crippen molar-refractivity contribution in [2.45, 2.75) is 49.8 Å². The predicted octanol–water partition coefficient (Wildman–Crippen LogP) is 4.12. The number of hydrogen-bond acceptors (Lipinski definition) is 5. The van der Waals surface area contributed by atoms with Crippen LogP contribution in [0.15, 0.2) is 34.5 Å². The summed E-state index contributed by atoms with van der Waals surface area (Å²) in [7, 11) is 0. The third-order valence-corrected chi connectivity index (χ3v) is 5.49. The van der Waals surface area contributed by atoms with E-state index in [1.165, 1.54) is 0 Å². The number of aromatic nitrogens is 1. The first kappa shape index (κ1) is 19.5. The van der Waals surface area contributed by atoms with Crippen molar-refractivity contribution >= 4 is 35.0 Å². The number of aliphatic carboxylic acids is 1. The highest BCUT2D eigenvalue weighted by Gasteiger charge is 2.19. The lowest BCUT2D eigenvalue weighted by molar-refractivity contribution is -0.139. The van der Waals surface area contributed by atoms with Crippen LogP contribution < -0.4 is 5.32 Å². The number of carbonyl (C=O) groups excluding carboxylic acids is 1. The van der Waals surface area contributed by atoms with Crippen LogP contribution in [0.3, 0.4) is 0 Å². The van der Waals surface area contributed by atoms with Gasteiger partial charge in [-0.15, -0.1) is 23.1 Å². The molecular weight excluding hydrogens is 356 g/mol. The van der Waals surface area contributed by atoms with Crippen molar-refractivity contribution in [3.8, 4) is 0 Å². The van der Waals surface area contributed by atoms with Gasteiger partial charge in [-0.05, 0) is 37.6 Å². The average molecular weight is 379 g/mol. The Bertz CT molecular complexity index is 713. The Balaban J connectivity index is 1.91. The summed E-state index contributed by atoms with van der Waals surface area (Å²) < 4.78 is 0. The van der Waals surface area contributed by atoms with Gasteiger partial charge in [0.1, 0.15) is 6.04 Å². The molecule has 0 radical (unpaired) electrons. The van der Waals surface area contributed by atoms with Crippen LogP contribution >= 0.6 is 23.1 Å². The van der Waals surface area contributed by atoms with E-state index in [4.69, 9.17) is 0 Å². The third-order valence-electron chi connectivity index (χ3n) is 3.62. The minimum absolute atomic E-state index is 0.352.